The van der Waals surface area contributed by atoms with E-state index in [2.05, 4.69) is 6.92 Å². The lowest BCUT2D eigenvalue weighted by atomic mass is 9.82. The number of hydrogen-bond donors (Lipinski definition) is 1. The van der Waals surface area contributed by atoms with E-state index in [0.717, 1.165) is 24.2 Å². The first-order chi connectivity index (χ1) is 8.69. The molecule has 3 nitrogen and oxygen atoms in total. The van der Waals surface area contributed by atoms with Crippen LogP contribution in [0.25, 0.3) is 0 Å². The predicted octanol–water partition coefficient (Wildman–Crippen LogP) is 2.86. The Hall–Kier alpha value is -1.06. The first kappa shape index (κ1) is 13.4. The van der Waals surface area contributed by atoms with Crippen LogP contribution in [0.1, 0.15) is 38.2 Å². The summed E-state index contributed by atoms with van der Waals surface area (Å²) in [6.45, 7) is 2.75. The normalized spacial score (nSPS) is 28.1. The summed E-state index contributed by atoms with van der Waals surface area (Å²) in [5.41, 5.74) is 0.0712. The second kappa shape index (κ2) is 5.72. The molecule has 0 bridgehead atoms. The average Bonchev–Trinajstić information content (AvgIpc) is 2.39. The van der Waals surface area contributed by atoms with Gasteiger partial charge >= 0.3 is 0 Å². The van der Waals surface area contributed by atoms with Gasteiger partial charge in [0, 0.05) is 18.4 Å². The van der Waals surface area contributed by atoms with Gasteiger partial charge in [-0.15, -0.1) is 0 Å². The molecule has 1 aromatic rings. The molecule has 0 saturated carbocycles. The Morgan fingerprint density at radius 3 is 2.94 bits per heavy atom. The molecule has 2 unspecified atom stereocenters. The second-order valence-electron chi connectivity index (χ2n) is 4.97. The summed E-state index contributed by atoms with van der Waals surface area (Å²) in [4.78, 5) is 0. The van der Waals surface area contributed by atoms with Crippen molar-refractivity contribution in [1.82, 2.24) is 0 Å². The van der Waals surface area contributed by atoms with E-state index >= 15 is 0 Å². The summed E-state index contributed by atoms with van der Waals surface area (Å²) in [5.74, 6) is 0.761. The van der Waals surface area contributed by atoms with Crippen molar-refractivity contribution in [1.29, 1.82) is 0 Å². The van der Waals surface area contributed by atoms with Crippen LogP contribution in [0, 0.1) is 0 Å². The smallest absolute Gasteiger partial charge is 0.124 e. The van der Waals surface area contributed by atoms with E-state index in [4.69, 9.17) is 9.47 Å². The first-order valence-electron chi connectivity index (χ1n) is 6.67. The molecule has 1 aromatic carbocycles. The van der Waals surface area contributed by atoms with Crippen molar-refractivity contribution in [2.75, 3.05) is 13.7 Å². The van der Waals surface area contributed by atoms with Crippen molar-refractivity contribution < 1.29 is 14.6 Å². The highest BCUT2D eigenvalue weighted by molar-refractivity contribution is 5.38. The van der Waals surface area contributed by atoms with Gasteiger partial charge in [0.1, 0.15) is 5.75 Å². The van der Waals surface area contributed by atoms with Gasteiger partial charge < -0.3 is 14.6 Å². The van der Waals surface area contributed by atoms with Gasteiger partial charge in [-0.05, 0) is 12.5 Å². The van der Waals surface area contributed by atoms with Crippen molar-refractivity contribution in [2.45, 2.75) is 44.3 Å². The van der Waals surface area contributed by atoms with Crippen molar-refractivity contribution >= 4 is 0 Å². The number of rotatable bonds is 4. The van der Waals surface area contributed by atoms with E-state index < -0.39 is 5.60 Å². The molecule has 0 radical (unpaired) electrons. The lowest BCUT2D eigenvalue weighted by molar-refractivity contribution is -0.110. The van der Waals surface area contributed by atoms with Crippen LogP contribution >= 0.6 is 0 Å². The summed E-state index contributed by atoms with van der Waals surface area (Å²) in [6.07, 6.45) is 3.51. The molecular formula is C15H22O3. The minimum absolute atomic E-state index is 0.152. The van der Waals surface area contributed by atoms with Crippen LogP contribution in [-0.4, -0.2) is 24.9 Å². The Balaban J connectivity index is 2.23. The van der Waals surface area contributed by atoms with E-state index in [1.165, 1.54) is 0 Å². The maximum absolute atomic E-state index is 10.9. The number of para-hydroxylation sites is 1. The molecule has 2 atom stereocenters. The van der Waals surface area contributed by atoms with E-state index in [9.17, 15) is 5.11 Å². The number of hydrogen-bond acceptors (Lipinski definition) is 3. The topological polar surface area (TPSA) is 38.7 Å². The van der Waals surface area contributed by atoms with Crippen LogP contribution in [0.5, 0.6) is 5.75 Å². The minimum Gasteiger partial charge on any atom is -0.496 e. The fourth-order valence-electron chi connectivity index (χ4n) is 2.71. The van der Waals surface area contributed by atoms with Gasteiger partial charge in [-0.2, -0.15) is 0 Å². The summed E-state index contributed by atoms with van der Waals surface area (Å²) in [6, 6.07) is 7.72. The van der Waals surface area contributed by atoms with Crippen LogP contribution in [0.15, 0.2) is 24.3 Å². The van der Waals surface area contributed by atoms with Gasteiger partial charge in [-0.25, -0.2) is 0 Å². The largest absolute Gasteiger partial charge is 0.496 e. The maximum Gasteiger partial charge on any atom is 0.124 e. The third-order valence-corrected chi connectivity index (χ3v) is 3.65. The molecule has 1 N–H and O–H groups in total. The highest BCUT2D eigenvalue weighted by Gasteiger charge is 2.38. The third-order valence-electron chi connectivity index (χ3n) is 3.65. The van der Waals surface area contributed by atoms with Crippen LogP contribution < -0.4 is 4.74 Å². The Morgan fingerprint density at radius 1 is 1.44 bits per heavy atom. The number of ether oxygens (including phenoxy) is 2. The molecule has 0 spiro atoms. The number of benzene rings is 1. The Bertz CT molecular complexity index is 389. The average molecular weight is 250 g/mol. The summed E-state index contributed by atoms with van der Waals surface area (Å²) < 4.78 is 11.1. The maximum atomic E-state index is 10.9. The lowest BCUT2D eigenvalue weighted by Gasteiger charge is -2.37. The quantitative estimate of drug-likeness (QED) is 0.893. The van der Waals surface area contributed by atoms with Crippen LogP contribution in [0.2, 0.25) is 0 Å². The molecule has 0 aromatic heterocycles. The molecule has 0 amide bonds. The van der Waals surface area contributed by atoms with Crippen molar-refractivity contribution in [2.24, 2.45) is 0 Å². The predicted molar refractivity (Wildman–Crippen MR) is 70.8 cm³/mol. The van der Waals surface area contributed by atoms with Gasteiger partial charge in [0.2, 0.25) is 0 Å². The van der Waals surface area contributed by atoms with Crippen molar-refractivity contribution in [3.05, 3.63) is 29.8 Å². The lowest BCUT2D eigenvalue weighted by Crippen LogP contribution is -2.38. The Labute approximate surface area is 109 Å². The summed E-state index contributed by atoms with van der Waals surface area (Å²) in [5, 5.41) is 10.9. The Morgan fingerprint density at radius 2 is 2.22 bits per heavy atom. The minimum atomic E-state index is -0.815. The van der Waals surface area contributed by atoms with Gasteiger partial charge in [0.15, 0.2) is 0 Å². The molecule has 18 heavy (non-hydrogen) atoms. The molecule has 1 aliphatic rings. The van der Waals surface area contributed by atoms with Crippen LogP contribution in [-0.2, 0) is 10.3 Å². The van der Waals surface area contributed by atoms with Gasteiger partial charge in [-0.3, -0.25) is 0 Å². The zero-order valence-electron chi connectivity index (χ0n) is 11.2. The highest BCUT2D eigenvalue weighted by atomic mass is 16.5. The fraction of sp³-hybridized carbons (Fsp3) is 0.600. The zero-order valence-corrected chi connectivity index (χ0v) is 11.2. The molecule has 0 aliphatic carbocycles. The molecule has 1 fully saturated rings. The molecule has 2 rings (SSSR count). The number of aliphatic hydroxyl groups is 1. The summed E-state index contributed by atoms with van der Waals surface area (Å²) in [7, 11) is 1.64. The second-order valence-corrected chi connectivity index (χ2v) is 4.97. The summed E-state index contributed by atoms with van der Waals surface area (Å²) >= 11 is 0. The van der Waals surface area contributed by atoms with Gasteiger partial charge in [-0.1, -0.05) is 31.5 Å². The molecule has 3 heteroatoms. The van der Waals surface area contributed by atoms with E-state index in [0.29, 0.717) is 19.4 Å². The molecular weight excluding hydrogens is 228 g/mol. The van der Waals surface area contributed by atoms with Crippen LogP contribution in [0.4, 0.5) is 0 Å². The van der Waals surface area contributed by atoms with Crippen molar-refractivity contribution in [3.63, 3.8) is 0 Å². The third kappa shape index (κ3) is 2.68. The van der Waals surface area contributed by atoms with E-state index in [1.54, 1.807) is 7.11 Å². The first-order valence-corrected chi connectivity index (χ1v) is 6.67. The molecule has 100 valence electrons. The van der Waals surface area contributed by atoms with Crippen LogP contribution in [0.3, 0.4) is 0 Å². The standard InChI is InChI=1S/C15H22O3/c1-3-6-12-11-15(16,9-10-18-12)13-7-4-5-8-14(13)17-2/h4-5,7-8,12,16H,3,6,9-11H2,1-2H3. The van der Waals surface area contributed by atoms with Crippen molar-refractivity contribution in [3.8, 4) is 5.75 Å². The fourth-order valence-corrected chi connectivity index (χ4v) is 2.71. The molecule has 1 heterocycles. The monoisotopic (exact) mass is 250 g/mol. The number of methoxy groups -OCH3 is 1. The SMILES string of the molecule is CCCC1CC(O)(c2ccccc2OC)CCO1. The molecule has 1 saturated heterocycles. The zero-order chi connectivity index (χ0) is 13.0. The Kier molecular flexibility index (Phi) is 4.25. The molecule has 1 aliphatic heterocycles. The van der Waals surface area contributed by atoms with E-state index in [1.807, 2.05) is 24.3 Å². The highest BCUT2D eigenvalue weighted by Crippen LogP contribution is 2.39. The van der Waals surface area contributed by atoms with E-state index in [-0.39, 0.29) is 6.10 Å². The van der Waals surface area contributed by atoms with Gasteiger partial charge in [0.25, 0.3) is 0 Å². The van der Waals surface area contributed by atoms with Gasteiger partial charge in [0.05, 0.1) is 25.4 Å².